The molecule has 1 aromatic heterocycles. The minimum absolute atomic E-state index is 0. The van der Waals surface area contributed by atoms with Gasteiger partial charge in [0.15, 0.2) is 0 Å². The van der Waals surface area contributed by atoms with Crippen LogP contribution in [0.4, 0.5) is 0 Å². The predicted molar refractivity (Wildman–Crippen MR) is 70.5 cm³/mol. The van der Waals surface area contributed by atoms with E-state index in [2.05, 4.69) is 29.2 Å². The maximum atomic E-state index is 3.97. The molecule has 21 heavy (non-hydrogen) atoms. The Balaban J connectivity index is 0.00000133. The van der Waals surface area contributed by atoms with Crippen LogP contribution in [-0.4, -0.2) is 4.98 Å². The Morgan fingerprint density at radius 1 is 0.714 bits per heavy atom. The first-order valence-corrected chi connectivity index (χ1v) is 5.67. The van der Waals surface area contributed by atoms with E-state index in [9.17, 15) is 0 Å². The number of aromatic nitrogens is 1. The molecule has 0 aliphatic heterocycles. The number of hydrogen-bond acceptors (Lipinski definition) is 1. The smallest absolute Gasteiger partial charge is 0 e. The largest absolute Gasteiger partial charge is 0.394 e. The first-order valence-electron chi connectivity index (χ1n) is 5.67. The summed E-state index contributed by atoms with van der Waals surface area (Å²) in [5.74, 6) is 0. The Labute approximate surface area is 201 Å². The van der Waals surface area contributed by atoms with E-state index in [1.807, 2.05) is 42.5 Å². The molecule has 0 aliphatic rings. The van der Waals surface area contributed by atoms with Gasteiger partial charge < -0.3 is 28.8 Å². The van der Waals surface area contributed by atoms with Gasteiger partial charge in [-0.1, -0.05) is 0 Å². The van der Waals surface area contributed by atoms with E-state index >= 15 is 0 Å². The number of nitrogens with zero attached hydrogens (tertiary/aromatic N) is 1. The fraction of sp³-hybridized carbons (Fsp3) is 0. The van der Waals surface area contributed by atoms with Crippen molar-refractivity contribution in [2.75, 3.05) is 0 Å². The molecular weight excluding hydrogens is 485 g/mol. The molecule has 4 heteroatoms. The van der Waals surface area contributed by atoms with E-state index in [4.69, 9.17) is 0 Å². The van der Waals surface area contributed by atoms with Crippen molar-refractivity contribution < 1.29 is 98.1 Å². The van der Waals surface area contributed by atoms with Crippen molar-refractivity contribution >= 4 is 0 Å². The van der Waals surface area contributed by atoms with E-state index in [-0.39, 0.29) is 98.1 Å². The van der Waals surface area contributed by atoms with Crippen LogP contribution in [0.2, 0.25) is 0 Å². The Kier molecular flexibility index (Phi) is 11.9. The zero-order chi connectivity index (χ0) is 12.2. The van der Waals surface area contributed by atoms with E-state index in [1.165, 1.54) is 0 Å². The van der Waals surface area contributed by atoms with E-state index in [0.29, 0.717) is 0 Å². The van der Waals surface area contributed by atoms with Crippen molar-refractivity contribution in [3.05, 3.63) is 79.1 Å². The summed E-state index contributed by atoms with van der Waals surface area (Å²) in [4.78, 5) is 3.97. The van der Waals surface area contributed by atoms with Crippen LogP contribution in [0.15, 0.2) is 54.9 Å². The van der Waals surface area contributed by atoms with Gasteiger partial charge in [0.2, 0.25) is 0 Å². The molecule has 0 N–H and O–H groups in total. The third-order valence-electron chi connectivity index (χ3n) is 2.63. The van der Waals surface area contributed by atoms with Crippen LogP contribution in [0.3, 0.4) is 0 Å². The zero-order valence-corrected chi connectivity index (χ0v) is 19.9. The van der Waals surface area contributed by atoms with Gasteiger partial charge >= 0.3 is 0 Å². The molecule has 0 saturated heterocycles. The molecule has 3 radical (unpaired) electrons. The van der Waals surface area contributed by atoms with Crippen LogP contribution in [0.25, 0.3) is 22.3 Å². The monoisotopic (exact) mass is 494 g/mol. The van der Waals surface area contributed by atoms with Gasteiger partial charge in [-0.2, -0.15) is 18.2 Å². The van der Waals surface area contributed by atoms with Crippen LogP contribution in [0.5, 0.6) is 0 Å². The molecule has 0 fully saturated rings. The fourth-order valence-electron chi connectivity index (χ4n) is 1.75. The first kappa shape index (κ1) is 21.9. The molecule has 0 amide bonds. The van der Waals surface area contributed by atoms with Crippen molar-refractivity contribution in [1.29, 1.82) is 0 Å². The van der Waals surface area contributed by atoms with E-state index in [0.717, 1.165) is 22.3 Å². The Morgan fingerprint density at radius 3 is 2.24 bits per heavy atom. The minimum Gasteiger partial charge on any atom is -0.394 e. The normalized spacial score (nSPS) is 8.76. The number of benzene rings is 2. The van der Waals surface area contributed by atoms with Gasteiger partial charge in [-0.05, 0) is 12.4 Å². The van der Waals surface area contributed by atoms with Crippen molar-refractivity contribution in [3.8, 4) is 22.3 Å². The van der Waals surface area contributed by atoms with Crippen LogP contribution in [0.1, 0.15) is 0 Å². The summed E-state index contributed by atoms with van der Waals surface area (Å²) < 4.78 is 0. The van der Waals surface area contributed by atoms with Gasteiger partial charge in [-0.25, -0.2) is 17.7 Å². The van der Waals surface area contributed by atoms with Crippen molar-refractivity contribution in [2.45, 2.75) is 0 Å². The third kappa shape index (κ3) is 6.13. The minimum atomic E-state index is 0. The summed E-state index contributed by atoms with van der Waals surface area (Å²) in [6.45, 7) is 0. The summed E-state index contributed by atoms with van der Waals surface area (Å²) >= 11 is 0. The summed E-state index contributed by atoms with van der Waals surface area (Å²) in [6.07, 6.45) is 3.42. The van der Waals surface area contributed by atoms with Gasteiger partial charge in [-0.15, -0.1) is 12.1 Å². The number of rotatable bonds is 2. The predicted octanol–water partition coefficient (Wildman–Crippen LogP) is 3.61. The summed E-state index contributed by atoms with van der Waals surface area (Å²) in [5.41, 5.74) is 3.88. The molecule has 0 atom stereocenters. The van der Waals surface area contributed by atoms with Crippen LogP contribution in [-0.2, 0) is 98.1 Å². The second-order valence-electron chi connectivity index (χ2n) is 3.82. The average Bonchev–Trinajstić information content (AvgIpc) is 2.49. The van der Waals surface area contributed by atoms with Gasteiger partial charge in [0.1, 0.15) is 0 Å². The van der Waals surface area contributed by atoms with Gasteiger partial charge in [0.05, 0.1) is 0 Å². The molecule has 3 aromatic rings. The second kappa shape index (κ2) is 11.4. The topological polar surface area (TPSA) is 12.9 Å². The van der Waals surface area contributed by atoms with Gasteiger partial charge in [0, 0.05) is 98.1 Å². The van der Waals surface area contributed by atoms with Crippen molar-refractivity contribution in [2.24, 2.45) is 0 Å². The second-order valence-corrected chi connectivity index (χ2v) is 3.82. The SMILES string of the molecule is [Y].[Y].[Y].[c-]1ccc(-c2[c-]cncc2)[c-]c1-c1[c-]cccc1. The standard InChI is InChI=1S/C17H9N.3Y/c1-2-5-14(6-3-1)16-7-4-8-17(13-16)15-9-11-18-12-10-15;;;/h1-5,8-9,11-12H;;;/q-4;;;. The Morgan fingerprint density at radius 2 is 1.57 bits per heavy atom. The van der Waals surface area contributed by atoms with E-state index < -0.39 is 0 Å². The first-order chi connectivity index (χ1) is 8.93. The number of hydrogen-bond donors (Lipinski definition) is 0. The van der Waals surface area contributed by atoms with Crippen LogP contribution >= 0.6 is 0 Å². The van der Waals surface area contributed by atoms with Crippen molar-refractivity contribution in [1.82, 2.24) is 4.98 Å². The van der Waals surface area contributed by atoms with Crippen molar-refractivity contribution in [3.63, 3.8) is 0 Å². The maximum Gasteiger partial charge on any atom is 0 e. The fourth-order valence-corrected chi connectivity index (χ4v) is 1.75. The van der Waals surface area contributed by atoms with Gasteiger partial charge in [-0.3, -0.25) is 17.1 Å². The molecule has 0 spiro atoms. The molecule has 95 valence electrons. The molecule has 0 unspecified atom stereocenters. The Bertz CT molecular complexity index is 588. The number of pyridine rings is 1. The Hall–Kier alpha value is 0.902. The van der Waals surface area contributed by atoms with Gasteiger partial charge in [0.25, 0.3) is 0 Å². The quantitative estimate of drug-likeness (QED) is 0.497. The molecule has 0 aliphatic carbocycles. The van der Waals surface area contributed by atoms with Crippen LogP contribution < -0.4 is 0 Å². The molecule has 2 aromatic carbocycles. The third-order valence-corrected chi connectivity index (χ3v) is 2.63. The molecule has 0 bridgehead atoms. The molecule has 1 nitrogen and oxygen atoms in total. The molecule has 1 heterocycles. The molecular formula is C17H9NY3-4. The molecule has 3 rings (SSSR count). The van der Waals surface area contributed by atoms with E-state index in [1.54, 1.807) is 12.4 Å². The zero-order valence-electron chi connectivity index (χ0n) is 11.4. The van der Waals surface area contributed by atoms with Crippen LogP contribution in [0, 0.1) is 24.3 Å². The summed E-state index contributed by atoms with van der Waals surface area (Å²) in [5, 5.41) is 0. The average molecular weight is 494 g/mol. The molecule has 0 saturated carbocycles. The summed E-state index contributed by atoms with van der Waals surface area (Å²) in [6, 6.07) is 26.4. The maximum absolute atomic E-state index is 3.97. The summed E-state index contributed by atoms with van der Waals surface area (Å²) in [7, 11) is 0.